The van der Waals surface area contributed by atoms with E-state index in [1.165, 1.54) is 12.1 Å². The molecule has 0 amide bonds. The van der Waals surface area contributed by atoms with Gasteiger partial charge in [0.1, 0.15) is 18.1 Å². The zero-order valence-corrected chi connectivity index (χ0v) is 19.7. The van der Waals surface area contributed by atoms with E-state index in [0.717, 1.165) is 18.2 Å². The Morgan fingerprint density at radius 2 is 1.94 bits per heavy atom. The van der Waals surface area contributed by atoms with E-state index < -0.39 is 29.1 Å². The van der Waals surface area contributed by atoms with Crippen LogP contribution in [0, 0.1) is 5.92 Å². The van der Waals surface area contributed by atoms with Crippen molar-refractivity contribution in [1.82, 2.24) is 0 Å². The van der Waals surface area contributed by atoms with Crippen molar-refractivity contribution in [1.29, 1.82) is 0 Å². The standard InChI is InChI=1S/C23H17BrClF3O6/c24-16-9-19(33-5-4-32-12-6-11(7-12)22(30)31)14(8-15(16)23(26,27)28)20-10-18(29)13-2-1-3-17(25)21(13)34-20/h1-3,8-12H,4-7H2,(H,30,31). The summed E-state index contributed by atoms with van der Waals surface area (Å²) in [5.41, 5.74) is -1.47. The normalized spacial score (nSPS) is 18.0. The number of benzene rings is 2. The molecular formula is C23H17BrClF3O6. The Kier molecular flexibility index (Phi) is 6.93. The van der Waals surface area contributed by atoms with Crippen LogP contribution in [0.25, 0.3) is 22.3 Å². The highest BCUT2D eigenvalue weighted by atomic mass is 79.9. The first-order chi connectivity index (χ1) is 16.0. The van der Waals surface area contributed by atoms with Gasteiger partial charge in [0.05, 0.1) is 40.2 Å². The lowest BCUT2D eigenvalue weighted by atomic mass is 9.82. The van der Waals surface area contributed by atoms with Crippen LogP contribution in [-0.4, -0.2) is 30.4 Å². The number of para-hydroxylation sites is 1. The maximum atomic E-state index is 13.6. The topological polar surface area (TPSA) is 86.0 Å². The van der Waals surface area contributed by atoms with Gasteiger partial charge in [0, 0.05) is 10.5 Å². The second-order valence-electron chi connectivity index (χ2n) is 7.77. The molecule has 0 saturated heterocycles. The first kappa shape index (κ1) is 24.6. The Hall–Kier alpha value is -2.56. The lowest BCUT2D eigenvalue weighted by Gasteiger charge is -2.32. The van der Waals surface area contributed by atoms with Gasteiger partial charge in [-0.3, -0.25) is 9.59 Å². The van der Waals surface area contributed by atoms with Gasteiger partial charge < -0.3 is 19.0 Å². The molecule has 0 radical (unpaired) electrons. The molecule has 0 bridgehead atoms. The summed E-state index contributed by atoms with van der Waals surface area (Å²) in [7, 11) is 0. The van der Waals surface area contributed by atoms with Gasteiger partial charge in [0.15, 0.2) is 11.0 Å². The zero-order valence-electron chi connectivity index (χ0n) is 17.3. The lowest BCUT2D eigenvalue weighted by molar-refractivity contribution is -0.151. The molecule has 1 aromatic heterocycles. The Morgan fingerprint density at radius 3 is 2.62 bits per heavy atom. The van der Waals surface area contributed by atoms with Crippen molar-refractivity contribution in [2.45, 2.75) is 25.1 Å². The predicted molar refractivity (Wildman–Crippen MR) is 121 cm³/mol. The minimum absolute atomic E-state index is 0.0163. The first-order valence-corrected chi connectivity index (χ1v) is 11.3. The number of alkyl halides is 3. The summed E-state index contributed by atoms with van der Waals surface area (Å²) in [6.07, 6.45) is -4.08. The number of carboxylic acid groups (broad SMARTS) is 1. The molecule has 3 aromatic rings. The van der Waals surface area contributed by atoms with Crippen LogP contribution in [-0.2, 0) is 15.7 Å². The van der Waals surface area contributed by atoms with Crippen LogP contribution in [0.4, 0.5) is 13.2 Å². The number of hydrogen-bond acceptors (Lipinski definition) is 5. The van der Waals surface area contributed by atoms with Gasteiger partial charge in [0.2, 0.25) is 0 Å². The summed E-state index contributed by atoms with van der Waals surface area (Å²) in [5, 5.41) is 9.25. The fraction of sp³-hybridized carbons (Fsp3) is 0.304. The molecule has 34 heavy (non-hydrogen) atoms. The molecule has 1 fully saturated rings. The quantitative estimate of drug-likeness (QED) is 0.348. The minimum Gasteiger partial charge on any atom is -0.490 e. The third-order valence-corrected chi connectivity index (χ3v) is 6.44. The van der Waals surface area contributed by atoms with Gasteiger partial charge in [0.25, 0.3) is 0 Å². The molecule has 2 aromatic carbocycles. The molecule has 6 nitrogen and oxygen atoms in total. The molecule has 0 aliphatic heterocycles. The van der Waals surface area contributed by atoms with Crippen molar-refractivity contribution in [3.05, 3.63) is 61.7 Å². The second kappa shape index (κ2) is 9.59. The average Bonchev–Trinajstić information content (AvgIpc) is 2.71. The molecule has 11 heteroatoms. The van der Waals surface area contributed by atoms with Crippen molar-refractivity contribution >= 4 is 44.5 Å². The Balaban J connectivity index is 1.63. The summed E-state index contributed by atoms with van der Waals surface area (Å²) in [5.74, 6) is -1.39. The van der Waals surface area contributed by atoms with Crippen molar-refractivity contribution < 1.29 is 37.0 Å². The van der Waals surface area contributed by atoms with Gasteiger partial charge >= 0.3 is 12.1 Å². The van der Waals surface area contributed by atoms with Crippen LogP contribution in [0.15, 0.2) is 50.1 Å². The summed E-state index contributed by atoms with van der Waals surface area (Å²) < 4.78 is 57.4. The summed E-state index contributed by atoms with van der Waals surface area (Å²) in [6.45, 7) is 0.0835. The van der Waals surface area contributed by atoms with Gasteiger partial charge in [-0.05, 0) is 37.1 Å². The maximum absolute atomic E-state index is 13.6. The summed E-state index contributed by atoms with van der Waals surface area (Å²) in [6, 6.07) is 7.65. The van der Waals surface area contributed by atoms with Crippen LogP contribution >= 0.6 is 27.5 Å². The number of ether oxygens (including phenoxy) is 2. The van der Waals surface area contributed by atoms with Crippen LogP contribution in [0.2, 0.25) is 5.02 Å². The molecule has 4 rings (SSSR count). The largest absolute Gasteiger partial charge is 0.490 e. The van der Waals surface area contributed by atoms with Gasteiger partial charge in [-0.2, -0.15) is 13.2 Å². The van der Waals surface area contributed by atoms with E-state index in [4.69, 9.17) is 30.6 Å². The number of fused-ring (bicyclic) bond motifs is 1. The monoisotopic (exact) mass is 560 g/mol. The van der Waals surface area contributed by atoms with Crippen LogP contribution in [0.1, 0.15) is 18.4 Å². The number of aliphatic carboxylic acids is 1. The number of carboxylic acids is 1. The third kappa shape index (κ3) is 5.08. The average molecular weight is 562 g/mol. The van der Waals surface area contributed by atoms with E-state index in [0.29, 0.717) is 12.8 Å². The van der Waals surface area contributed by atoms with Crippen molar-refractivity contribution in [2.75, 3.05) is 13.2 Å². The first-order valence-electron chi connectivity index (χ1n) is 10.1. The number of hydrogen-bond donors (Lipinski definition) is 1. The Bertz CT molecular complexity index is 1300. The van der Waals surface area contributed by atoms with Crippen LogP contribution in [0.3, 0.4) is 0 Å². The molecule has 1 saturated carbocycles. The van der Waals surface area contributed by atoms with Crippen molar-refractivity contribution in [2.24, 2.45) is 5.92 Å². The molecule has 0 unspecified atom stereocenters. The minimum atomic E-state index is -4.67. The Morgan fingerprint density at radius 1 is 1.21 bits per heavy atom. The highest BCUT2D eigenvalue weighted by Gasteiger charge is 2.36. The summed E-state index contributed by atoms with van der Waals surface area (Å²) >= 11 is 9.06. The third-order valence-electron chi connectivity index (χ3n) is 5.49. The van der Waals surface area contributed by atoms with E-state index >= 15 is 0 Å². The molecule has 1 N–H and O–H groups in total. The highest BCUT2D eigenvalue weighted by Crippen LogP contribution is 2.42. The van der Waals surface area contributed by atoms with Gasteiger partial charge in [-0.1, -0.05) is 33.6 Å². The second-order valence-corrected chi connectivity index (χ2v) is 9.03. The molecule has 180 valence electrons. The molecular weight excluding hydrogens is 545 g/mol. The van der Waals surface area contributed by atoms with E-state index in [2.05, 4.69) is 15.9 Å². The smallest absolute Gasteiger partial charge is 0.417 e. The van der Waals surface area contributed by atoms with E-state index in [1.807, 2.05) is 0 Å². The number of rotatable bonds is 7. The van der Waals surface area contributed by atoms with Crippen molar-refractivity contribution in [3.63, 3.8) is 0 Å². The highest BCUT2D eigenvalue weighted by molar-refractivity contribution is 9.10. The van der Waals surface area contributed by atoms with E-state index in [1.54, 1.807) is 6.07 Å². The van der Waals surface area contributed by atoms with Crippen molar-refractivity contribution in [3.8, 4) is 17.1 Å². The number of halogens is 5. The number of carbonyl (C=O) groups is 1. The molecule has 1 heterocycles. The fourth-order valence-corrected chi connectivity index (χ4v) is 4.39. The lowest BCUT2D eigenvalue weighted by Crippen LogP contribution is -2.37. The molecule has 1 aliphatic carbocycles. The maximum Gasteiger partial charge on any atom is 0.417 e. The van der Waals surface area contributed by atoms with Crippen LogP contribution in [0.5, 0.6) is 5.75 Å². The SMILES string of the molecule is O=C(O)C1CC(OCCOc2cc(Br)c(C(F)(F)F)cc2-c2cc(=O)c3cccc(Cl)c3o2)C1. The fourth-order valence-electron chi connectivity index (χ4n) is 3.63. The molecule has 0 spiro atoms. The summed E-state index contributed by atoms with van der Waals surface area (Å²) in [4.78, 5) is 23.4. The zero-order chi connectivity index (χ0) is 24.6. The Labute approximate surface area is 204 Å². The van der Waals surface area contributed by atoms with Gasteiger partial charge in [-0.25, -0.2) is 0 Å². The van der Waals surface area contributed by atoms with E-state index in [-0.39, 0.29) is 56.9 Å². The van der Waals surface area contributed by atoms with Gasteiger partial charge in [-0.15, -0.1) is 0 Å². The molecule has 1 aliphatic rings. The van der Waals surface area contributed by atoms with E-state index in [9.17, 15) is 22.8 Å². The van der Waals surface area contributed by atoms with Crippen LogP contribution < -0.4 is 10.2 Å². The molecule has 0 atom stereocenters. The predicted octanol–water partition coefficient (Wildman–Crippen LogP) is 6.15.